The summed E-state index contributed by atoms with van der Waals surface area (Å²) >= 11 is 0. The van der Waals surface area contributed by atoms with Gasteiger partial charge in [-0.3, -0.25) is 0 Å². The highest BCUT2D eigenvalue weighted by atomic mass is 14.1. The van der Waals surface area contributed by atoms with E-state index in [1.165, 1.54) is 11.1 Å². The number of hydrogen-bond acceptors (Lipinski definition) is 0. The molecule has 0 bridgehead atoms. The highest BCUT2D eigenvalue weighted by molar-refractivity contribution is 5.27. The van der Waals surface area contributed by atoms with Gasteiger partial charge in [-0.1, -0.05) is 42.4 Å². The smallest absolute Gasteiger partial charge is 0.00430 e. The molecule has 0 aromatic carbocycles. The maximum Gasteiger partial charge on any atom is -0.00430 e. The first-order valence-corrected chi connectivity index (χ1v) is 4.21. The first-order chi connectivity index (χ1) is 5.20. The molecule has 0 nitrogen and oxygen atoms in total. The Morgan fingerprint density at radius 3 is 2.73 bits per heavy atom. The van der Waals surface area contributed by atoms with Gasteiger partial charge in [0.05, 0.1) is 0 Å². The molecule has 0 saturated heterocycles. The van der Waals surface area contributed by atoms with Crippen LogP contribution in [0.1, 0.15) is 27.2 Å². The molecule has 1 atom stereocenters. The van der Waals surface area contributed by atoms with E-state index in [9.17, 15) is 0 Å². The Bertz CT molecular complexity index is 212. The molecule has 0 fully saturated rings. The van der Waals surface area contributed by atoms with Crippen molar-refractivity contribution in [2.45, 2.75) is 27.2 Å². The Kier molecular flexibility index (Phi) is 2.70. The fourth-order valence-electron chi connectivity index (χ4n) is 1.41. The zero-order chi connectivity index (χ0) is 8.27. The van der Waals surface area contributed by atoms with E-state index in [1.54, 1.807) is 0 Å². The SMILES string of the molecule is CC(C)=CC(C)C1=CC=CC1. The van der Waals surface area contributed by atoms with Gasteiger partial charge < -0.3 is 0 Å². The molecule has 0 heterocycles. The first-order valence-electron chi connectivity index (χ1n) is 4.21. The molecule has 0 aromatic heterocycles. The molecule has 0 radical (unpaired) electrons. The molecular formula is C11H16. The zero-order valence-electron chi connectivity index (χ0n) is 7.59. The van der Waals surface area contributed by atoms with E-state index in [0.29, 0.717) is 5.92 Å². The molecule has 11 heavy (non-hydrogen) atoms. The van der Waals surface area contributed by atoms with Crippen LogP contribution in [0.25, 0.3) is 0 Å². The van der Waals surface area contributed by atoms with Gasteiger partial charge in [-0.05, 0) is 26.2 Å². The molecule has 60 valence electrons. The summed E-state index contributed by atoms with van der Waals surface area (Å²) in [6, 6.07) is 0. The first kappa shape index (κ1) is 8.32. The van der Waals surface area contributed by atoms with Crippen LogP contribution < -0.4 is 0 Å². The van der Waals surface area contributed by atoms with Crippen LogP contribution in [0, 0.1) is 5.92 Å². The van der Waals surface area contributed by atoms with Crippen molar-refractivity contribution in [3.05, 3.63) is 35.5 Å². The highest BCUT2D eigenvalue weighted by Gasteiger charge is 2.05. The Morgan fingerprint density at radius 2 is 2.27 bits per heavy atom. The van der Waals surface area contributed by atoms with Gasteiger partial charge in [0.15, 0.2) is 0 Å². The number of allylic oxidation sites excluding steroid dienone is 6. The molecule has 0 amide bonds. The van der Waals surface area contributed by atoms with E-state index >= 15 is 0 Å². The van der Waals surface area contributed by atoms with Crippen LogP contribution in [0.3, 0.4) is 0 Å². The van der Waals surface area contributed by atoms with E-state index < -0.39 is 0 Å². The summed E-state index contributed by atoms with van der Waals surface area (Å²) < 4.78 is 0. The fraction of sp³-hybridized carbons (Fsp3) is 0.455. The maximum atomic E-state index is 2.32. The van der Waals surface area contributed by atoms with Gasteiger partial charge in [0, 0.05) is 0 Å². The van der Waals surface area contributed by atoms with E-state index in [1.807, 2.05) is 0 Å². The van der Waals surface area contributed by atoms with Gasteiger partial charge in [-0.15, -0.1) is 0 Å². The normalized spacial score (nSPS) is 17.9. The standard InChI is InChI=1S/C11H16/c1-9(2)8-10(3)11-6-4-5-7-11/h4-6,8,10H,7H2,1-3H3. The summed E-state index contributed by atoms with van der Waals surface area (Å²) in [6.45, 7) is 6.56. The van der Waals surface area contributed by atoms with Crippen LogP contribution in [-0.2, 0) is 0 Å². The van der Waals surface area contributed by atoms with Crippen LogP contribution in [0.2, 0.25) is 0 Å². The molecule has 1 rings (SSSR count). The van der Waals surface area contributed by atoms with Gasteiger partial charge >= 0.3 is 0 Å². The Balaban J connectivity index is 2.56. The summed E-state index contributed by atoms with van der Waals surface area (Å²) in [6.07, 6.45) is 10.0. The molecule has 0 aliphatic heterocycles. The fourth-order valence-corrected chi connectivity index (χ4v) is 1.41. The van der Waals surface area contributed by atoms with E-state index in [4.69, 9.17) is 0 Å². The van der Waals surface area contributed by atoms with Gasteiger partial charge in [0.25, 0.3) is 0 Å². The molecular weight excluding hydrogens is 132 g/mol. The van der Waals surface area contributed by atoms with Crippen molar-refractivity contribution in [2.24, 2.45) is 5.92 Å². The predicted molar refractivity (Wildman–Crippen MR) is 50.4 cm³/mol. The molecule has 1 aliphatic carbocycles. The maximum absolute atomic E-state index is 2.32. The van der Waals surface area contributed by atoms with Crippen molar-refractivity contribution in [3.63, 3.8) is 0 Å². The second-order valence-corrected chi connectivity index (χ2v) is 3.41. The molecule has 0 spiro atoms. The number of hydrogen-bond donors (Lipinski definition) is 0. The van der Waals surface area contributed by atoms with Crippen molar-refractivity contribution in [3.8, 4) is 0 Å². The molecule has 0 N–H and O–H groups in total. The molecule has 1 aliphatic rings. The highest BCUT2D eigenvalue weighted by Crippen LogP contribution is 2.21. The van der Waals surface area contributed by atoms with Crippen LogP contribution in [0.5, 0.6) is 0 Å². The average Bonchev–Trinajstić information content (AvgIpc) is 2.35. The average molecular weight is 148 g/mol. The second-order valence-electron chi connectivity index (χ2n) is 3.41. The van der Waals surface area contributed by atoms with Crippen molar-refractivity contribution >= 4 is 0 Å². The third-order valence-corrected chi connectivity index (χ3v) is 1.97. The molecule has 0 saturated carbocycles. The van der Waals surface area contributed by atoms with Crippen molar-refractivity contribution < 1.29 is 0 Å². The summed E-state index contributed by atoms with van der Waals surface area (Å²) in [5.41, 5.74) is 2.94. The number of rotatable bonds is 2. The van der Waals surface area contributed by atoms with Gasteiger partial charge in [0.2, 0.25) is 0 Å². The summed E-state index contributed by atoms with van der Waals surface area (Å²) in [5.74, 6) is 0.620. The summed E-state index contributed by atoms with van der Waals surface area (Å²) in [4.78, 5) is 0. The lowest BCUT2D eigenvalue weighted by molar-refractivity contribution is 0.831. The Labute approximate surface area is 69.3 Å². The van der Waals surface area contributed by atoms with Crippen LogP contribution >= 0.6 is 0 Å². The lowest BCUT2D eigenvalue weighted by Gasteiger charge is -2.07. The van der Waals surface area contributed by atoms with Crippen molar-refractivity contribution in [2.75, 3.05) is 0 Å². The lowest BCUT2D eigenvalue weighted by Crippen LogP contribution is -1.93. The summed E-state index contributed by atoms with van der Waals surface area (Å²) in [7, 11) is 0. The van der Waals surface area contributed by atoms with Crippen molar-refractivity contribution in [1.82, 2.24) is 0 Å². The van der Waals surface area contributed by atoms with Crippen LogP contribution in [0.4, 0.5) is 0 Å². The molecule has 0 heteroatoms. The molecule has 1 unspecified atom stereocenters. The Morgan fingerprint density at radius 1 is 1.55 bits per heavy atom. The van der Waals surface area contributed by atoms with Gasteiger partial charge in [-0.2, -0.15) is 0 Å². The van der Waals surface area contributed by atoms with E-state index in [-0.39, 0.29) is 0 Å². The van der Waals surface area contributed by atoms with E-state index in [2.05, 4.69) is 45.1 Å². The third-order valence-electron chi connectivity index (χ3n) is 1.97. The summed E-state index contributed by atoms with van der Waals surface area (Å²) in [5, 5.41) is 0. The van der Waals surface area contributed by atoms with Crippen LogP contribution in [0.15, 0.2) is 35.5 Å². The minimum Gasteiger partial charge on any atom is -0.0804 e. The lowest BCUT2D eigenvalue weighted by atomic mass is 9.98. The van der Waals surface area contributed by atoms with Crippen molar-refractivity contribution in [1.29, 1.82) is 0 Å². The van der Waals surface area contributed by atoms with Gasteiger partial charge in [0.1, 0.15) is 0 Å². The predicted octanol–water partition coefficient (Wildman–Crippen LogP) is 3.48. The largest absolute Gasteiger partial charge is 0.0804 e. The van der Waals surface area contributed by atoms with Gasteiger partial charge in [-0.25, -0.2) is 0 Å². The molecule has 0 aromatic rings. The third kappa shape index (κ3) is 2.38. The minimum atomic E-state index is 0.620. The minimum absolute atomic E-state index is 0.620. The monoisotopic (exact) mass is 148 g/mol. The Hall–Kier alpha value is -0.780. The second kappa shape index (κ2) is 3.56. The zero-order valence-corrected chi connectivity index (χ0v) is 7.59. The topological polar surface area (TPSA) is 0 Å². The van der Waals surface area contributed by atoms with E-state index in [0.717, 1.165) is 6.42 Å². The quantitative estimate of drug-likeness (QED) is 0.526. The van der Waals surface area contributed by atoms with Crippen LogP contribution in [-0.4, -0.2) is 0 Å².